The quantitative estimate of drug-likeness (QED) is 0.760. The van der Waals surface area contributed by atoms with Crippen molar-refractivity contribution in [3.8, 4) is 11.5 Å². The molecule has 3 rings (SSSR count). The molecule has 1 heterocycles. The van der Waals surface area contributed by atoms with E-state index in [-0.39, 0.29) is 25.0 Å². The lowest BCUT2D eigenvalue weighted by Gasteiger charge is -2.15. The van der Waals surface area contributed by atoms with Gasteiger partial charge in [0.15, 0.2) is 17.3 Å². The van der Waals surface area contributed by atoms with Crippen molar-refractivity contribution in [2.75, 3.05) is 6.79 Å². The first-order chi connectivity index (χ1) is 9.63. The molecule has 0 radical (unpaired) electrons. The molecule has 0 amide bonds. The first kappa shape index (κ1) is 12.9. The number of hydrogen-bond donors (Lipinski definition) is 2. The number of Topliss-reactive ketones (excluding diaryl/α,β-unsaturated/α-hetero) is 1. The van der Waals surface area contributed by atoms with Crippen molar-refractivity contribution in [3.63, 3.8) is 0 Å². The number of ether oxygens (including phenoxy) is 2. The number of nitrogens with one attached hydrogen (secondary N) is 1. The van der Waals surface area contributed by atoms with Gasteiger partial charge >= 0.3 is 5.97 Å². The lowest BCUT2D eigenvalue weighted by Crippen LogP contribution is -2.40. The van der Waals surface area contributed by atoms with Crippen LogP contribution in [0.3, 0.4) is 0 Å². The van der Waals surface area contributed by atoms with Gasteiger partial charge in [-0.15, -0.1) is 0 Å². The summed E-state index contributed by atoms with van der Waals surface area (Å²) < 4.78 is 10.4. The molecule has 0 saturated heterocycles. The summed E-state index contributed by atoms with van der Waals surface area (Å²) in [6.07, 6.45) is 1.76. The Kier molecular flexibility index (Phi) is 3.31. The van der Waals surface area contributed by atoms with Crippen molar-refractivity contribution in [1.29, 1.82) is 0 Å². The monoisotopic (exact) mass is 277 g/mol. The van der Waals surface area contributed by atoms with Gasteiger partial charge in [-0.05, 0) is 31.0 Å². The Labute approximate surface area is 115 Å². The van der Waals surface area contributed by atoms with E-state index in [0.717, 1.165) is 12.8 Å². The Balaban J connectivity index is 1.78. The van der Waals surface area contributed by atoms with Gasteiger partial charge in [-0.25, -0.2) is 0 Å². The normalized spacial score (nSPS) is 17.8. The summed E-state index contributed by atoms with van der Waals surface area (Å²) in [6, 6.07) is 4.48. The number of aliphatic carboxylic acids is 1. The van der Waals surface area contributed by atoms with E-state index in [1.165, 1.54) is 0 Å². The molecular weight excluding hydrogens is 262 g/mol. The number of rotatable bonds is 6. The van der Waals surface area contributed by atoms with E-state index >= 15 is 0 Å². The molecule has 0 spiro atoms. The summed E-state index contributed by atoms with van der Waals surface area (Å²) in [5, 5.41) is 12.0. The zero-order valence-electron chi connectivity index (χ0n) is 10.8. The first-order valence-corrected chi connectivity index (χ1v) is 6.55. The Morgan fingerprint density at radius 2 is 2.05 bits per heavy atom. The molecule has 2 N–H and O–H groups in total. The summed E-state index contributed by atoms with van der Waals surface area (Å²) >= 11 is 0. The SMILES string of the molecule is O=C(O)CC(NC1CC1)C(=O)c1ccc2c(c1)OCO2. The average Bonchev–Trinajstić information content (AvgIpc) is 3.11. The summed E-state index contributed by atoms with van der Waals surface area (Å²) in [6.45, 7) is 0.145. The summed E-state index contributed by atoms with van der Waals surface area (Å²) in [5.41, 5.74) is 0.439. The Morgan fingerprint density at radius 3 is 2.75 bits per heavy atom. The fourth-order valence-electron chi connectivity index (χ4n) is 2.19. The number of carbonyl (C=O) groups is 2. The molecule has 1 atom stereocenters. The predicted octanol–water partition coefficient (Wildman–Crippen LogP) is 1.19. The van der Waals surface area contributed by atoms with Gasteiger partial charge in [0.2, 0.25) is 6.79 Å². The van der Waals surface area contributed by atoms with Crippen LogP contribution in [0.15, 0.2) is 18.2 Å². The molecule has 20 heavy (non-hydrogen) atoms. The largest absolute Gasteiger partial charge is 0.481 e. The van der Waals surface area contributed by atoms with Crippen molar-refractivity contribution in [1.82, 2.24) is 5.32 Å². The van der Waals surface area contributed by atoms with Crippen LogP contribution in [0.4, 0.5) is 0 Å². The van der Waals surface area contributed by atoms with Crippen LogP contribution in [0, 0.1) is 0 Å². The zero-order valence-corrected chi connectivity index (χ0v) is 10.8. The molecule has 1 aromatic carbocycles. The third-order valence-corrected chi connectivity index (χ3v) is 3.37. The van der Waals surface area contributed by atoms with E-state index in [1.54, 1.807) is 18.2 Å². The van der Waals surface area contributed by atoms with Gasteiger partial charge in [-0.3, -0.25) is 9.59 Å². The number of hydrogen-bond acceptors (Lipinski definition) is 5. The first-order valence-electron chi connectivity index (χ1n) is 6.55. The second-order valence-corrected chi connectivity index (χ2v) is 5.02. The number of ketones is 1. The maximum Gasteiger partial charge on any atom is 0.305 e. The molecule has 1 unspecified atom stereocenters. The molecule has 1 aliphatic heterocycles. The summed E-state index contributed by atoms with van der Waals surface area (Å²) in [4.78, 5) is 23.3. The fraction of sp³-hybridized carbons (Fsp3) is 0.429. The minimum atomic E-state index is -0.989. The number of carbonyl (C=O) groups excluding carboxylic acids is 1. The van der Waals surface area contributed by atoms with Gasteiger partial charge in [0.25, 0.3) is 0 Å². The second-order valence-electron chi connectivity index (χ2n) is 5.02. The highest BCUT2D eigenvalue weighted by Gasteiger charge is 2.31. The number of benzene rings is 1. The van der Waals surface area contributed by atoms with Gasteiger partial charge < -0.3 is 19.9 Å². The topological polar surface area (TPSA) is 84.9 Å². The van der Waals surface area contributed by atoms with Crippen LogP contribution in [0.1, 0.15) is 29.6 Å². The van der Waals surface area contributed by atoms with Crippen molar-refractivity contribution >= 4 is 11.8 Å². The third-order valence-electron chi connectivity index (χ3n) is 3.37. The molecule has 2 aliphatic rings. The van der Waals surface area contributed by atoms with Gasteiger partial charge in [-0.2, -0.15) is 0 Å². The molecule has 6 nitrogen and oxygen atoms in total. The van der Waals surface area contributed by atoms with Crippen molar-refractivity contribution in [2.24, 2.45) is 0 Å². The minimum Gasteiger partial charge on any atom is -0.481 e. The predicted molar refractivity (Wildman–Crippen MR) is 69.1 cm³/mol. The van der Waals surface area contributed by atoms with Crippen LogP contribution in [0.2, 0.25) is 0 Å². The minimum absolute atomic E-state index is 0.145. The Morgan fingerprint density at radius 1 is 1.30 bits per heavy atom. The van der Waals surface area contributed by atoms with Crippen LogP contribution in [0.25, 0.3) is 0 Å². The molecule has 6 heteroatoms. The van der Waals surface area contributed by atoms with Crippen LogP contribution in [0.5, 0.6) is 11.5 Å². The average molecular weight is 277 g/mol. The maximum atomic E-state index is 12.4. The van der Waals surface area contributed by atoms with E-state index in [2.05, 4.69) is 5.32 Å². The highest BCUT2D eigenvalue weighted by atomic mass is 16.7. The van der Waals surface area contributed by atoms with Crippen molar-refractivity contribution in [3.05, 3.63) is 23.8 Å². The number of carboxylic acid groups (broad SMARTS) is 1. The van der Waals surface area contributed by atoms with E-state index in [4.69, 9.17) is 14.6 Å². The van der Waals surface area contributed by atoms with Crippen LogP contribution < -0.4 is 14.8 Å². The van der Waals surface area contributed by atoms with Crippen molar-refractivity contribution in [2.45, 2.75) is 31.3 Å². The van der Waals surface area contributed by atoms with Gasteiger partial charge in [0.05, 0.1) is 12.5 Å². The van der Waals surface area contributed by atoms with E-state index in [0.29, 0.717) is 17.1 Å². The lowest BCUT2D eigenvalue weighted by molar-refractivity contribution is -0.137. The Hall–Kier alpha value is -2.08. The molecule has 0 aromatic heterocycles. The highest BCUT2D eigenvalue weighted by molar-refractivity contribution is 6.02. The summed E-state index contributed by atoms with van der Waals surface area (Å²) in [5.74, 6) is -0.0855. The molecular formula is C14H15NO5. The zero-order chi connectivity index (χ0) is 14.1. The van der Waals surface area contributed by atoms with Gasteiger partial charge in [0.1, 0.15) is 0 Å². The van der Waals surface area contributed by atoms with Gasteiger partial charge in [0, 0.05) is 11.6 Å². The second kappa shape index (κ2) is 5.13. The molecule has 1 aromatic rings. The molecule has 106 valence electrons. The van der Waals surface area contributed by atoms with E-state index in [9.17, 15) is 9.59 Å². The number of fused-ring (bicyclic) bond motifs is 1. The van der Waals surface area contributed by atoms with Crippen LogP contribution >= 0.6 is 0 Å². The molecule has 1 fully saturated rings. The standard InChI is InChI=1S/C14H15NO5/c16-13(17)6-10(15-9-2-3-9)14(18)8-1-4-11-12(5-8)20-7-19-11/h1,4-5,9-10,15H,2-3,6-7H2,(H,16,17). The van der Waals surface area contributed by atoms with Crippen molar-refractivity contribution < 1.29 is 24.2 Å². The maximum absolute atomic E-state index is 12.4. The molecule has 1 aliphatic carbocycles. The third kappa shape index (κ3) is 2.75. The fourth-order valence-corrected chi connectivity index (χ4v) is 2.19. The molecule has 1 saturated carbocycles. The summed E-state index contributed by atoms with van der Waals surface area (Å²) in [7, 11) is 0. The van der Waals surface area contributed by atoms with Gasteiger partial charge in [-0.1, -0.05) is 0 Å². The van der Waals surface area contributed by atoms with E-state index < -0.39 is 12.0 Å². The number of carboxylic acids is 1. The van der Waals surface area contributed by atoms with Crippen LogP contribution in [-0.2, 0) is 4.79 Å². The molecule has 0 bridgehead atoms. The smallest absolute Gasteiger partial charge is 0.305 e. The highest BCUT2D eigenvalue weighted by Crippen LogP contribution is 2.33. The van der Waals surface area contributed by atoms with E-state index in [1.807, 2.05) is 0 Å². The lowest BCUT2D eigenvalue weighted by atomic mass is 10.0. The Bertz CT molecular complexity index is 552. The van der Waals surface area contributed by atoms with Crippen LogP contribution in [-0.4, -0.2) is 35.7 Å².